The minimum atomic E-state index is 0.0416. The molecule has 0 fully saturated rings. The smallest absolute Gasteiger partial charge is 0.165 e. The van der Waals surface area contributed by atoms with Crippen LogP contribution in [-0.4, -0.2) is 4.98 Å². The van der Waals surface area contributed by atoms with E-state index in [0.717, 1.165) is 21.4 Å². The lowest BCUT2D eigenvalue weighted by molar-refractivity contribution is 1.33. The van der Waals surface area contributed by atoms with Crippen molar-refractivity contribution in [1.82, 2.24) is 4.98 Å². The van der Waals surface area contributed by atoms with Gasteiger partial charge in [-0.15, -0.1) is 11.3 Å². The van der Waals surface area contributed by atoms with Gasteiger partial charge in [-0.2, -0.15) is 10.5 Å². The van der Waals surface area contributed by atoms with Crippen LogP contribution in [0.3, 0.4) is 0 Å². The second kappa shape index (κ2) is 6.70. The van der Waals surface area contributed by atoms with Gasteiger partial charge < -0.3 is 0 Å². The third-order valence-corrected chi connectivity index (χ3v) is 4.26. The Labute approximate surface area is 137 Å². The van der Waals surface area contributed by atoms with Crippen LogP contribution in [0.25, 0.3) is 22.9 Å². The van der Waals surface area contributed by atoms with E-state index in [9.17, 15) is 0 Å². The van der Waals surface area contributed by atoms with Gasteiger partial charge in [0, 0.05) is 5.56 Å². The monoisotopic (exact) mass is 313 g/mol. The van der Waals surface area contributed by atoms with Crippen molar-refractivity contribution < 1.29 is 0 Å². The highest BCUT2D eigenvalue weighted by molar-refractivity contribution is 7.08. The Morgan fingerprint density at radius 3 is 2.13 bits per heavy atom. The molecule has 0 aliphatic carbocycles. The molecular weight excluding hydrogens is 302 g/mol. The zero-order valence-electron chi connectivity index (χ0n) is 12.1. The topological polar surface area (TPSA) is 60.5 Å². The van der Waals surface area contributed by atoms with Crippen LogP contribution in [0.1, 0.15) is 5.56 Å². The molecule has 1 aromatic heterocycles. The highest BCUT2D eigenvalue weighted by Gasteiger charge is 2.07. The SMILES string of the molecule is N#CC(C#N)=c1nc(-c2ccccc2)c(=Cc2ccccc2)s1. The molecule has 0 bridgehead atoms. The zero-order chi connectivity index (χ0) is 16.1. The average molecular weight is 313 g/mol. The number of aromatic nitrogens is 1. The predicted octanol–water partition coefficient (Wildman–Crippen LogP) is 2.84. The number of rotatable bonds is 2. The highest BCUT2D eigenvalue weighted by atomic mass is 32.1. The normalized spacial score (nSPS) is 10.8. The molecule has 0 unspecified atom stereocenters. The van der Waals surface area contributed by atoms with Gasteiger partial charge in [-0.05, 0) is 11.6 Å². The van der Waals surface area contributed by atoms with Gasteiger partial charge in [0.05, 0.1) is 10.2 Å². The molecule has 3 aromatic rings. The maximum Gasteiger partial charge on any atom is 0.165 e. The molecule has 0 atom stereocenters. The summed E-state index contributed by atoms with van der Waals surface area (Å²) in [6.07, 6.45) is 2.02. The van der Waals surface area contributed by atoms with Gasteiger partial charge in [-0.25, -0.2) is 4.98 Å². The first-order valence-corrected chi connectivity index (χ1v) is 7.77. The van der Waals surface area contributed by atoms with Gasteiger partial charge in [0.2, 0.25) is 0 Å². The van der Waals surface area contributed by atoms with Crippen LogP contribution in [0.5, 0.6) is 0 Å². The summed E-state index contributed by atoms with van der Waals surface area (Å²) in [5.74, 6) is 0. The van der Waals surface area contributed by atoms with Gasteiger partial charge in [0.1, 0.15) is 16.8 Å². The van der Waals surface area contributed by atoms with E-state index < -0.39 is 0 Å². The fraction of sp³-hybridized carbons (Fsp3) is 0. The van der Waals surface area contributed by atoms with Gasteiger partial charge >= 0.3 is 0 Å². The van der Waals surface area contributed by atoms with Crippen molar-refractivity contribution in [1.29, 1.82) is 10.5 Å². The van der Waals surface area contributed by atoms with Crippen molar-refractivity contribution in [3.8, 4) is 23.4 Å². The number of hydrogen-bond donors (Lipinski definition) is 0. The van der Waals surface area contributed by atoms with Crippen molar-refractivity contribution in [2.45, 2.75) is 0 Å². The van der Waals surface area contributed by atoms with E-state index in [1.165, 1.54) is 11.3 Å². The lowest BCUT2D eigenvalue weighted by atomic mass is 10.1. The Hall–Kier alpha value is -3.21. The molecule has 0 saturated heterocycles. The second-order valence-corrected chi connectivity index (χ2v) is 5.78. The number of thiazole rings is 1. The van der Waals surface area contributed by atoms with E-state index >= 15 is 0 Å². The summed E-state index contributed by atoms with van der Waals surface area (Å²) < 4.78 is 1.39. The molecule has 0 N–H and O–H groups in total. The van der Waals surface area contributed by atoms with E-state index in [4.69, 9.17) is 10.5 Å². The minimum absolute atomic E-state index is 0.0416. The Morgan fingerprint density at radius 1 is 0.913 bits per heavy atom. The average Bonchev–Trinajstić information content (AvgIpc) is 3.01. The Morgan fingerprint density at radius 2 is 1.52 bits per heavy atom. The maximum absolute atomic E-state index is 9.09. The van der Waals surface area contributed by atoms with Crippen molar-refractivity contribution in [3.05, 3.63) is 75.4 Å². The molecule has 108 valence electrons. The standard InChI is InChI=1S/C19H11N3S/c20-12-16(13-21)19-22-18(15-9-5-2-6-10-15)17(23-19)11-14-7-3-1-4-8-14/h1-11H. The first kappa shape index (κ1) is 14.7. The minimum Gasteiger partial charge on any atom is -0.234 e. The van der Waals surface area contributed by atoms with E-state index in [1.54, 1.807) is 0 Å². The molecule has 1 heterocycles. The van der Waals surface area contributed by atoms with E-state index in [1.807, 2.05) is 78.9 Å². The first-order valence-electron chi connectivity index (χ1n) is 6.95. The molecule has 0 saturated carbocycles. The molecule has 0 aliphatic heterocycles. The second-order valence-electron chi connectivity index (χ2n) is 4.75. The van der Waals surface area contributed by atoms with E-state index in [0.29, 0.717) is 4.66 Å². The third-order valence-electron chi connectivity index (χ3n) is 3.24. The Bertz CT molecular complexity index is 1000. The molecule has 0 amide bonds. The van der Waals surface area contributed by atoms with Gasteiger partial charge in [0.15, 0.2) is 5.57 Å². The maximum atomic E-state index is 9.09. The van der Waals surface area contributed by atoms with Crippen LogP contribution in [0.2, 0.25) is 0 Å². The lowest BCUT2D eigenvalue weighted by Crippen LogP contribution is -2.01. The quantitative estimate of drug-likeness (QED) is 0.731. The molecule has 0 spiro atoms. The summed E-state index contributed by atoms with van der Waals surface area (Å²) in [7, 11) is 0. The van der Waals surface area contributed by atoms with E-state index in [2.05, 4.69) is 4.98 Å². The zero-order valence-corrected chi connectivity index (χ0v) is 12.9. The van der Waals surface area contributed by atoms with Crippen LogP contribution in [0, 0.1) is 22.7 Å². The fourth-order valence-electron chi connectivity index (χ4n) is 2.16. The highest BCUT2D eigenvalue weighted by Crippen LogP contribution is 2.13. The van der Waals surface area contributed by atoms with Crippen LogP contribution < -0.4 is 9.20 Å². The Balaban J connectivity index is 2.31. The molecule has 23 heavy (non-hydrogen) atoms. The van der Waals surface area contributed by atoms with Crippen molar-refractivity contribution in [2.75, 3.05) is 0 Å². The number of hydrogen-bond acceptors (Lipinski definition) is 4. The van der Waals surface area contributed by atoms with Gasteiger partial charge in [-0.1, -0.05) is 60.7 Å². The number of benzene rings is 2. The fourth-order valence-corrected chi connectivity index (χ4v) is 3.15. The molecule has 0 aliphatic rings. The van der Waals surface area contributed by atoms with Crippen molar-refractivity contribution in [2.24, 2.45) is 0 Å². The molecule has 3 rings (SSSR count). The molecule has 3 nitrogen and oxygen atoms in total. The van der Waals surface area contributed by atoms with Crippen LogP contribution in [0.4, 0.5) is 0 Å². The van der Waals surface area contributed by atoms with Gasteiger partial charge in [0.25, 0.3) is 0 Å². The van der Waals surface area contributed by atoms with Crippen molar-refractivity contribution in [3.63, 3.8) is 0 Å². The largest absolute Gasteiger partial charge is 0.234 e. The Kier molecular flexibility index (Phi) is 4.29. The third kappa shape index (κ3) is 3.18. The van der Waals surface area contributed by atoms with Crippen LogP contribution in [0.15, 0.2) is 60.7 Å². The van der Waals surface area contributed by atoms with E-state index in [-0.39, 0.29) is 5.57 Å². The van der Waals surface area contributed by atoms with Crippen molar-refractivity contribution >= 4 is 23.0 Å². The number of nitrogens with zero attached hydrogens (tertiary/aromatic N) is 3. The summed E-state index contributed by atoms with van der Waals surface area (Å²) in [6, 6.07) is 23.5. The first-order chi connectivity index (χ1) is 11.3. The lowest BCUT2D eigenvalue weighted by Gasteiger charge is -1.96. The summed E-state index contributed by atoms with van der Waals surface area (Å²) in [5, 5.41) is 18.2. The molecular formula is C19H11N3S. The summed E-state index contributed by atoms with van der Waals surface area (Å²) in [4.78, 5) is 4.52. The number of nitriles is 2. The summed E-state index contributed by atoms with van der Waals surface area (Å²) >= 11 is 1.36. The summed E-state index contributed by atoms with van der Waals surface area (Å²) in [6.45, 7) is 0. The van der Waals surface area contributed by atoms with Gasteiger partial charge in [-0.3, -0.25) is 0 Å². The molecule has 0 radical (unpaired) electrons. The summed E-state index contributed by atoms with van der Waals surface area (Å²) in [5.41, 5.74) is 2.85. The van der Waals surface area contributed by atoms with Crippen LogP contribution in [-0.2, 0) is 0 Å². The molecule has 2 aromatic carbocycles. The predicted molar refractivity (Wildman–Crippen MR) is 91.4 cm³/mol. The van der Waals surface area contributed by atoms with Crippen LogP contribution >= 0.6 is 11.3 Å². The molecule has 4 heteroatoms.